The van der Waals surface area contributed by atoms with Crippen LogP contribution in [-0.4, -0.2) is 21.6 Å². The van der Waals surface area contributed by atoms with Gasteiger partial charge in [-0.15, -0.1) is 11.3 Å². The maximum Gasteiger partial charge on any atom is 0.138 e. The van der Waals surface area contributed by atoms with Crippen molar-refractivity contribution in [3.05, 3.63) is 53.2 Å². The minimum atomic E-state index is -0.555. The summed E-state index contributed by atoms with van der Waals surface area (Å²) in [5.74, 6) is 0.773. The molecule has 3 aromatic rings. The third kappa shape index (κ3) is 2.64. The SMILES string of the molecule is Cc1cc2c(NCC(O)c3ccccc3)ncnc2s1. The average molecular weight is 285 g/mol. The molecule has 0 saturated heterocycles. The molecule has 102 valence electrons. The van der Waals surface area contributed by atoms with Crippen molar-refractivity contribution in [2.24, 2.45) is 0 Å². The lowest BCUT2D eigenvalue weighted by molar-refractivity contribution is 0.191. The molecular weight excluding hydrogens is 270 g/mol. The van der Waals surface area contributed by atoms with Crippen LogP contribution in [0.5, 0.6) is 0 Å². The number of nitrogens with one attached hydrogen (secondary N) is 1. The molecule has 1 aromatic carbocycles. The molecule has 2 N–H and O–H groups in total. The van der Waals surface area contributed by atoms with Crippen molar-refractivity contribution >= 4 is 27.4 Å². The number of aromatic nitrogens is 2. The van der Waals surface area contributed by atoms with Crippen LogP contribution in [-0.2, 0) is 0 Å². The van der Waals surface area contributed by atoms with E-state index in [9.17, 15) is 5.11 Å². The number of nitrogens with zero attached hydrogens (tertiary/aromatic N) is 2. The molecule has 0 amide bonds. The minimum Gasteiger partial charge on any atom is -0.387 e. The Morgan fingerprint density at radius 3 is 2.85 bits per heavy atom. The number of anilines is 1. The van der Waals surface area contributed by atoms with Crippen molar-refractivity contribution in [3.63, 3.8) is 0 Å². The fraction of sp³-hybridized carbons (Fsp3) is 0.200. The molecule has 3 rings (SSSR count). The Morgan fingerprint density at radius 2 is 2.05 bits per heavy atom. The largest absolute Gasteiger partial charge is 0.387 e. The van der Waals surface area contributed by atoms with Crippen LogP contribution >= 0.6 is 11.3 Å². The second kappa shape index (κ2) is 5.56. The molecule has 20 heavy (non-hydrogen) atoms. The molecule has 2 heterocycles. The summed E-state index contributed by atoms with van der Waals surface area (Å²) in [6.07, 6.45) is 0.996. The van der Waals surface area contributed by atoms with Gasteiger partial charge in [-0.3, -0.25) is 0 Å². The van der Waals surface area contributed by atoms with Crippen molar-refractivity contribution in [1.82, 2.24) is 9.97 Å². The molecule has 0 saturated carbocycles. The van der Waals surface area contributed by atoms with Crippen molar-refractivity contribution in [3.8, 4) is 0 Å². The molecule has 0 spiro atoms. The van der Waals surface area contributed by atoms with Gasteiger partial charge >= 0.3 is 0 Å². The molecular formula is C15H15N3OS. The summed E-state index contributed by atoms with van der Waals surface area (Å²) in [6.45, 7) is 2.47. The lowest BCUT2D eigenvalue weighted by atomic mass is 10.1. The van der Waals surface area contributed by atoms with Crippen LogP contribution in [0.3, 0.4) is 0 Å². The van der Waals surface area contributed by atoms with Gasteiger partial charge in [0.15, 0.2) is 0 Å². The predicted octanol–water partition coefficient (Wildman–Crippen LogP) is 3.15. The Labute approximate surface area is 121 Å². The van der Waals surface area contributed by atoms with E-state index in [-0.39, 0.29) is 0 Å². The van der Waals surface area contributed by atoms with E-state index < -0.39 is 6.10 Å². The first-order chi connectivity index (χ1) is 9.74. The fourth-order valence-corrected chi connectivity index (χ4v) is 2.95. The number of thiophene rings is 1. The maximum absolute atomic E-state index is 10.2. The smallest absolute Gasteiger partial charge is 0.138 e. The normalized spacial score (nSPS) is 12.5. The molecule has 1 atom stereocenters. The van der Waals surface area contributed by atoms with Crippen molar-refractivity contribution in [2.45, 2.75) is 13.0 Å². The van der Waals surface area contributed by atoms with Crippen molar-refractivity contribution < 1.29 is 5.11 Å². The first kappa shape index (κ1) is 13.0. The molecule has 0 aliphatic heterocycles. The van der Waals surface area contributed by atoms with Crippen LogP contribution in [0.2, 0.25) is 0 Å². The molecule has 1 unspecified atom stereocenters. The number of fused-ring (bicyclic) bond motifs is 1. The zero-order valence-corrected chi connectivity index (χ0v) is 11.9. The Kier molecular flexibility index (Phi) is 3.62. The summed E-state index contributed by atoms with van der Waals surface area (Å²) in [5, 5.41) is 14.4. The molecule has 0 bridgehead atoms. The Morgan fingerprint density at radius 1 is 1.25 bits per heavy atom. The number of aliphatic hydroxyl groups is 1. The number of hydrogen-bond donors (Lipinski definition) is 2. The zero-order valence-electron chi connectivity index (χ0n) is 11.1. The molecule has 5 heteroatoms. The number of benzene rings is 1. The zero-order chi connectivity index (χ0) is 13.9. The standard InChI is InChI=1S/C15H15N3OS/c1-10-7-12-14(17-9-18-15(12)20-10)16-8-13(19)11-5-3-2-4-6-11/h2-7,9,13,19H,8H2,1H3,(H,16,17,18). The van der Waals surface area contributed by atoms with Crippen LogP contribution in [0.15, 0.2) is 42.7 Å². The van der Waals surface area contributed by atoms with Crippen molar-refractivity contribution in [2.75, 3.05) is 11.9 Å². The van der Waals surface area contributed by atoms with Crippen LogP contribution in [0.25, 0.3) is 10.2 Å². The summed E-state index contributed by atoms with van der Waals surface area (Å²) in [7, 11) is 0. The summed E-state index contributed by atoms with van der Waals surface area (Å²) in [5.41, 5.74) is 0.895. The van der Waals surface area contributed by atoms with E-state index in [1.54, 1.807) is 17.7 Å². The number of rotatable bonds is 4. The van der Waals surface area contributed by atoms with E-state index in [0.29, 0.717) is 6.54 Å². The quantitative estimate of drug-likeness (QED) is 0.773. The second-order valence-corrected chi connectivity index (χ2v) is 5.84. The van der Waals surface area contributed by atoms with Gasteiger partial charge in [-0.25, -0.2) is 9.97 Å². The first-order valence-electron chi connectivity index (χ1n) is 6.42. The number of hydrogen-bond acceptors (Lipinski definition) is 5. The fourth-order valence-electron chi connectivity index (χ4n) is 2.10. The Balaban J connectivity index is 1.77. The van der Waals surface area contributed by atoms with E-state index in [4.69, 9.17) is 0 Å². The minimum absolute atomic E-state index is 0.422. The van der Waals surface area contributed by atoms with E-state index in [1.807, 2.05) is 30.3 Å². The third-order valence-corrected chi connectivity index (χ3v) is 4.06. The molecule has 0 aliphatic carbocycles. The van der Waals surface area contributed by atoms with Crippen molar-refractivity contribution in [1.29, 1.82) is 0 Å². The highest BCUT2D eigenvalue weighted by molar-refractivity contribution is 7.18. The average Bonchev–Trinajstić information content (AvgIpc) is 2.86. The van der Waals surface area contributed by atoms with E-state index >= 15 is 0 Å². The number of aliphatic hydroxyl groups excluding tert-OH is 1. The van der Waals surface area contributed by atoms with Gasteiger partial charge in [-0.2, -0.15) is 0 Å². The molecule has 0 aliphatic rings. The lowest BCUT2D eigenvalue weighted by Crippen LogP contribution is -2.13. The van der Waals surface area contributed by atoms with Gasteiger partial charge in [0.2, 0.25) is 0 Å². The molecule has 4 nitrogen and oxygen atoms in total. The second-order valence-electron chi connectivity index (χ2n) is 4.61. The van der Waals surface area contributed by atoms with Gasteiger partial charge in [0.1, 0.15) is 17.0 Å². The van der Waals surface area contributed by atoms with Gasteiger partial charge in [0, 0.05) is 11.4 Å². The van der Waals surface area contributed by atoms with Crippen LogP contribution < -0.4 is 5.32 Å². The van der Waals surface area contributed by atoms with Gasteiger partial charge in [0.25, 0.3) is 0 Å². The van der Waals surface area contributed by atoms with E-state index in [0.717, 1.165) is 21.6 Å². The summed E-state index contributed by atoms with van der Waals surface area (Å²) < 4.78 is 0. The highest BCUT2D eigenvalue weighted by Gasteiger charge is 2.10. The van der Waals surface area contributed by atoms with Gasteiger partial charge in [0.05, 0.1) is 11.5 Å². The van der Waals surface area contributed by atoms with Gasteiger partial charge in [-0.05, 0) is 18.6 Å². The van der Waals surface area contributed by atoms with E-state index in [1.165, 1.54) is 4.88 Å². The lowest BCUT2D eigenvalue weighted by Gasteiger charge is -2.12. The molecule has 0 fully saturated rings. The highest BCUT2D eigenvalue weighted by atomic mass is 32.1. The highest BCUT2D eigenvalue weighted by Crippen LogP contribution is 2.27. The first-order valence-corrected chi connectivity index (χ1v) is 7.24. The van der Waals surface area contributed by atoms with E-state index in [2.05, 4.69) is 28.3 Å². The molecule has 0 radical (unpaired) electrons. The van der Waals surface area contributed by atoms with Gasteiger partial charge < -0.3 is 10.4 Å². The topological polar surface area (TPSA) is 58.0 Å². The Hall–Kier alpha value is -1.98. The monoisotopic (exact) mass is 285 g/mol. The maximum atomic E-state index is 10.2. The number of aryl methyl sites for hydroxylation is 1. The predicted molar refractivity (Wildman–Crippen MR) is 82.0 cm³/mol. The third-order valence-electron chi connectivity index (χ3n) is 3.10. The summed E-state index contributed by atoms with van der Waals surface area (Å²) in [4.78, 5) is 10.7. The summed E-state index contributed by atoms with van der Waals surface area (Å²) in [6, 6.07) is 11.7. The van der Waals surface area contributed by atoms with Crippen LogP contribution in [0.1, 0.15) is 16.5 Å². The molecule has 2 aromatic heterocycles. The van der Waals surface area contributed by atoms with Crippen LogP contribution in [0.4, 0.5) is 5.82 Å². The van der Waals surface area contributed by atoms with Crippen LogP contribution in [0, 0.1) is 6.92 Å². The Bertz CT molecular complexity index is 711. The summed E-state index contributed by atoms with van der Waals surface area (Å²) >= 11 is 1.64. The van der Waals surface area contributed by atoms with Gasteiger partial charge in [-0.1, -0.05) is 30.3 Å².